The van der Waals surface area contributed by atoms with Crippen LogP contribution in [0.3, 0.4) is 0 Å². The van der Waals surface area contributed by atoms with Crippen molar-refractivity contribution in [1.82, 2.24) is 4.90 Å². The third kappa shape index (κ3) is 4.68. The molecule has 4 nitrogen and oxygen atoms in total. The van der Waals surface area contributed by atoms with Gasteiger partial charge in [0.25, 0.3) is 0 Å². The monoisotopic (exact) mass is 396 g/mol. The topological polar surface area (TPSA) is 41.6 Å². The lowest BCUT2D eigenvalue weighted by atomic mass is 10.1. The van der Waals surface area contributed by atoms with E-state index >= 15 is 0 Å². The van der Waals surface area contributed by atoms with Crippen LogP contribution >= 0.6 is 11.8 Å². The van der Waals surface area contributed by atoms with Crippen LogP contribution in [0.4, 0.5) is 23.7 Å². The number of nitrogens with zero attached hydrogens (tertiary/aromatic N) is 1. The zero-order valence-corrected chi connectivity index (χ0v) is 15.4. The third-order valence-electron chi connectivity index (χ3n) is 4.09. The van der Waals surface area contributed by atoms with Crippen molar-refractivity contribution in [3.63, 3.8) is 0 Å². The Kier molecular flexibility index (Phi) is 5.84. The summed E-state index contributed by atoms with van der Waals surface area (Å²) >= 11 is 1.53. The van der Waals surface area contributed by atoms with E-state index in [1.807, 2.05) is 6.92 Å². The molecule has 2 aromatic carbocycles. The van der Waals surface area contributed by atoms with Gasteiger partial charge in [-0.3, -0.25) is 0 Å². The van der Waals surface area contributed by atoms with Gasteiger partial charge in [-0.1, -0.05) is 12.1 Å². The molecule has 2 aromatic rings. The largest absolute Gasteiger partial charge is 0.494 e. The molecule has 0 unspecified atom stereocenters. The third-order valence-corrected chi connectivity index (χ3v) is 5.35. The number of benzene rings is 2. The average molecular weight is 396 g/mol. The van der Waals surface area contributed by atoms with Crippen molar-refractivity contribution in [1.29, 1.82) is 0 Å². The van der Waals surface area contributed by atoms with Gasteiger partial charge in [-0.25, -0.2) is 4.79 Å². The minimum atomic E-state index is -4.37. The summed E-state index contributed by atoms with van der Waals surface area (Å²) in [5.74, 6) is 1.44. The SMILES string of the molecule is CCOc1ccc(NC(=O)N2CCS[C@H]2c2ccc(C(F)(F)F)cc2)cc1. The van der Waals surface area contributed by atoms with Gasteiger partial charge in [0.1, 0.15) is 11.1 Å². The first kappa shape index (κ1) is 19.4. The Labute approximate surface area is 159 Å². The molecule has 1 saturated heterocycles. The summed E-state index contributed by atoms with van der Waals surface area (Å²) in [7, 11) is 0. The van der Waals surface area contributed by atoms with E-state index in [0.717, 1.165) is 23.6 Å². The molecular formula is C19H19F3N2O2S. The fourth-order valence-corrected chi connectivity index (χ4v) is 4.04. The minimum absolute atomic E-state index is 0.283. The number of carbonyl (C=O) groups is 1. The van der Waals surface area contributed by atoms with Crippen molar-refractivity contribution >= 4 is 23.5 Å². The Morgan fingerprint density at radius 2 is 1.85 bits per heavy atom. The first-order valence-electron chi connectivity index (χ1n) is 8.47. The maximum absolute atomic E-state index is 12.7. The molecule has 0 saturated carbocycles. The lowest BCUT2D eigenvalue weighted by Crippen LogP contribution is -2.34. The van der Waals surface area contributed by atoms with E-state index in [0.29, 0.717) is 24.4 Å². The molecule has 1 N–H and O–H groups in total. The van der Waals surface area contributed by atoms with Crippen molar-refractivity contribution < 1.29 is 22.7 Å². The summed E-state index contributed by atoms with van der Waals surface area (Å²) < 4.78 is 43.6. The molecule has 1 aliphatic heterocycles. The van der Waals surface area contributed by atoms with Crippen LogP contribution in [0.25, 0.3) is 0 Å². The zero-order chi connectivity index (χ0) is 19.4. The number of hydrogen-bond acceptors (Lipinski definition) is 3. The predicted molar refractivity (Wildman–Crippen MR) is 100.0 cm³/mol. The van der Waals surface area contributed by atoms with E-state index < -0.39 is 11.7 Å². The zero-order valence-electron chi connectivity index (χ0n) is 14.6. The molecule has 1 aliphatic rings. The number of alkyl halides is 3. The van der Waals surface area contributed by atoms with Crippen LogP contribution in [0.15, 0.2) is 48.5 Å². The molecule has 8 heteroatoms. The highest BCUT2D eigenvalue weighted by Gasteiger charge is 2.33. The summed E-state index contributed by atoms with van der Waals surface area (Å²) in [6.45, 7) is 2.98. The van der Waals surface area contributed by atoms with Crippen LogP contribution in [0.2, 0.25) is 0 Å². The van der Waals surface area contributed by atoms with Gasteiger partial charge in [-0.15, -0.1) is 11.8 Å². The quantitative estimate of drug-likeness (QED) is 0.754. The number of rotatable bonds is 4. The van der Waals surface area contributed by atoms with E-state index in [1.54, 1.807) is 29.2 Å². The summed E-state index contributed by atoms with van der Waals surface area (Å²) in [5, 5.41) is 2.52. The lowest BCUT2D eigenvalue weighted by molar-refractivity contribution is -0.137. The molecule has 1 heterocycles. The van der Waals surface area contributed by atoms with Gasteiger partial charge in [0.2, 0.25) is 0 Å². The highest BCUT2D eigenvalue weighted by molar-refractivity contribution is 7.99. The molecule has 144 valence electrons. The van der Waals surface area contributed by atoms with E-state index in [4.69, 9.17) is 4.74 Å². The summed E-state index contributed by atoms with van der Waals surface area (Å²) in [6.07, 6.45) is -4.37. The number of hydrogen-bond donors (Lipinski definition) is 1. The number of halogens is 3. The van der Waals surface area contributed by atoms with Crippen molar-refractivity contribution in [2.24, 2.45) is 0 Å². The molecule has 0 bridgehead atoms. The molecule has 0 radical (unpaired) electrons. The Morgan fingerprint density at radius 1 is 1.19 bits per heavy atom. The Hall–Kier alpha value is -2.35. The Morgan fingerprint density at radius 3 is 2.44 bits per heavy atom. The molecular weight excluding hydrogens is 377 g/mol. The first-order valence-corrected chi connectivity index (χ1v) is 9.52. The highest BCUT2D eigenvalue weighted by atomic mass is 32.2. The Balaban J connectivity index is 1.69. The van der Waals surface area contributed by atoms with Gasteiger partial charge in [0.15, 0.2) is 0 Å². The van der Waals surface area contributed by atoms with Crippen molar-refractivity contribution in [3.8, 4) is 5.75 Å². The number of urea groups is 1. The van der Waals surface area contributed by atoms with Gasteiger partial charge < -0.3 is 15.0 Å². The number of anilines is 1. The average Bonchev–Trinajstić information content (AvgIpc) is 3.13. The molecule has 1 atom stereocenters. The van der Waals surface area contributed by atoms with Gasteiger partial charge in [-0.2, -0.15) is 13.2 Å². The van der Waals surface area contributed by atoms with Gasteiger partial charge in [-0.05, 0) is 48.9 Å². The van der Waals surface area contributed by atoms with Crippen molar-refractivity contribution in [3.05, 3.63) is 59.7 Å². The molecule has 27 heavy (non-hydrogen) atoms. The molecule has 3 rings (SSSR count). The van der Waals surface area contributed by atoms with Crippen molar-refractivity contribution in [2.45, 2.75) is 18.5 Å². The first-order chi connectivity index (χ1) is 12.9. The highest BCUT2D eigenvalue weighted by Crippen LogP contribution is 2.39. The summed E-state index contributed by atoms with van der Waals surface area (Å²) in [5.41, 5.74) is 0.610. The van der Waals surface area contributed by atoms with Crippen LogP contribution in [0, 0.1) is 0 Å². The molecule has 0 spiro atoms. The van der Waals surface area contributed by atoms with Crippen LogP contribution in [-0.4, -0.2) is 29.8 Å². The fourth-order valence-electron chi connectivity index (χ4n) is 2.79. The molecule has 2 amide bonds. The van der Waals surface area contributed by atoms with Gasteiger partial charge in [0, 0.05) is 18.0 Å². The number of carbonyl (C=O) groups excluding carboxylic acids is 1. The maximum atomic E-state index is 12.7. The number of amides is 2. The normalized spacial score (nSPS) is 17.0. The molecule has 0 aliphatic carbocycles. The number of thioether (sulfide) groups is 1. The molecule has 1 fully saturated rings. The van der Waals surface area contributed by atoms with Crippen molar-refractivity contribution in [2.75, 3.05) is 24.2 Å². The number of nitrogens with one attached hydrogen (secondary N) is 1. The standard InChI is InChI=1S/C19H19F3N2O2S/c1-2-26-16-9-7-15(8-10-16)23-18(25)24-11-12-27-17(24)13-3-5-14(6-4-13)19(20,21)22/h3-10,17H,2,11-12H2,1H3,(H,23,25)/t17-/m0/s1. The second kappa shape index (κ2) is 8.12. The van der Waals surface area contributed by atoms with Crippen LogP contribution < -0.4 is 10.1 Å². The number of ether oxygens (including phenoxy) is 1. The van der Waals surface area contributed by atoms with Gasteiger partial charge in [0.05, 0.1) is 12.2 Å². The van der Waals surface area contributed by atoms with E-state index in [1.165, 1.54) is 23.9 Å². The second-order valence-corrected chi connectivity index (χ2v) is 7.11. The van der Waals surface area contributed by atoms with E-state index in [9.17, 15) is 18.0 Å². The van der Waals surface area contributed by atoms with Crippen LogP contribution in [0.1, 0.15) is 23.4 Å². The van der Waals surface area contributed by atoms with E-state index in [2.05, 4.69) is 5.32 Å². The minimum Gasteiger partial charge on any atom is -0.494 e. The summed E-state index contributed by atoms with van der Waals surface area (Å²) in [4.78, 5) is 14.3. The van der Waals surface area contributed by atoms with Gasteiger partial charge >= 0.3 is 12.2 Å². The second-order valence-electron chi connectivity index (χ2n) is 5.92. The molecule has 0 aromatic heterocycles. The van der Waals surface area contributed by atoms with E-state index in [-0.39, 0.29) is 11.4 Å². The fraction of sp³-hybridized carbons (Fsp3) is 0.316. The predicted octanol–water partition coefficient (Wildman–Crippen LogP) is 5.38. The van der Waals surface area contributed by atoms with Crippen LogP contribution in [0.5, 0.6) is 5.75 Å². The Bertz CT molecular complexity index is 779. The maximum Gasteiger partial charge on any atom is 0.416 e. The lowest BCUT2D eigenvalue weighted by Gasteiger charge is -2.24. The van der Waals surface area contributed by atoms with Crippen LogP contribution in [-0.2, 0) is 6.18 Å². The smallest absolute Gasteiger partial charge is 0.416 e. The summed E-state index contributed by atoms with van der Waals surface area (Å²) in [6, 6.07) is 11.7.